The topological polar surface area (TPSA) is 86.2 Å². The summed E-state index contributed by atoms with van der Waals surface area (Å²) in [4.78, 5) is 18.2. The Morgan fingerprint density at radius 2 is 1.07 bits per heavy atom. The van der Waals surface area contributed by atoms with Crippen molar-refractivity contribution in [1.29, 1.82) is 0 Å². The van der Waals surface area contributed by atoms with Gasteiger partial charge in [-0.2, -0.15) is 0 Å². The van der Waals surface area contributed by atoms with E-state index in [1.165, 1.54) is 25.7 Å². The van der Waals surface area contributed by atoms with Crippen LogP contribution in [0.2, 0.25) is 0 Å². The molecule has 6 heteroatoms. The smallest absolute Gasteiger partial charge is 0.273 e. The van der Waals surface area contributed by atoms with Crippen molar-refractivity contribution in [3.8, 4) is 0 Å². The van der Waals surface area contributed by atoms with Gasteiger partial charge in [0.05, 0.1) is 0 Å². The summed E-state index contributed by atoms with van der Waals surface area (Å²) >= 11 is 6.21. The van der Waals surface area contributed by atoms with E-state index in [0.717, 1.165) is 0 Å². The lowest BCUT2D eigenvalue weighted by Gasteiger charge is -1.86. The Balaban J connectivity index is -0.000000135. The van der Waals surface area contributed by atoms with Crippen LogP contribution in [0.3, 0.4) is 0 Å². The molecule has 86 valence electrons. The highest BCUT2D eigenvalue weighted by molar-refractivity contribution is 7.96. The second-order valence-electron chi connectivity index (χ2n) is 2.38. The fourth-order valence-electron chi connectivity index (χ4n) is 0.500. The second-order valence-corrected chi connectivity index (χ2v) is 3.27. The summed E-state index contributed by atoms with van der Waals surface area (Å²) in [6.45, 7) is 4.46. The second kappa shape index (κ2) is 18.4. The zero-order valence-corrected chi connectivity index (χ0v) is 10.5. The molecule has 0 saturated carbocycles. The van der Waals surface area contributed by atoms with Crippen LogP contribution in [0.5, 0.6) is 0 Å². The molecule has 14 heavy (non-hydrogen) atoms. The first-order valence-electron chi connectivity index (χ1n) is 4.35. The number of carbonyl (C=O) groups is 2. The molecule has 0 aliphatic carbocycles. The minimum atomic E-state index is -0.639. The van der Waals surface area contributed by atoms with E-state index in [1.54, 1.807) is 0 Å². The van der Waals surface area contributed by atoms with Gasteiger partial charge in [0.1, 0.15) is 0 Å². The van der Waals surface area contributed by atoms with Crippen molar-refractivity contribution >= 4 is 35.7 Å². The quantitative estimate of drug-likeness (QED) is 0.451. The summed E-state index contributed by atoms with van der Waals surface area (Å²) in [6, 6.07) is 0. The van der Waals surface area contributed by atoms with E-state index < -0.39 is 10.5 Å². The monoisotopic (exact) mass is 240 g/mol. The fraction of sp³-hybridized carbons (Fsp3) is 0.750. The summed E-state index contributed by atoms with van der Waals surface area (Å²) in [5.41, 5.74) is 8.67. The van der Waals surface area contributed by atoms with E-state index in [4.69, 9.17) is 9.59 Å². The lowest BCUT2D eigenvalue weighted by molar-refractivity contribution is 0.266. The van der Waals surface area contributed by atoms with E-state index in [-0.39, 0.29) is 0 Å². The molecule has 0 aromatic heterocycles. The van der Waals surface area contributed by atoms with Gasteiger partial charge in [-0.15, -0.1) is 0 Å². The lowest BCUT2D eigenvalue weighted by atomic mass is 10.2. The third-order valence-electron chi connectivity index (χ3n) is 0.957. The van der Waals surface area contributed by atoms with E-state index in [0.29, 0.717) is 0 Å². The maximum Gasteiger partial charge on any atom is 0.273 e. The summed E-state index contributed by atoms with van der Waals surface area (Å²) in [5, 5.41) is -1.28. The Labute approximate surface area is 96.6 Å². The number of amides is 2. The van der Waals surface area contributed by atoms with Crippen molar-refractivity contribution in [3.63, 3.8) is 0 Å². The van der Waals surface area contributed by atoms with Gasteiger partial charge in [0.15, 0.2) is 0 Å². The highest BCUT2D eigenvalue weighted by atomic mass is 32.1. The van der Waals surface area contributed by atoms with Crippen LogP contribution in [0, 0.1) is 0 Å². The van der Waals surface area contributed by atoms with Gasteiger partial charge < -0.3 is 11.5 Å². The van der Waals surface area contributed by atoms with E-state index in [9.17, 15) is 0 Å². The van der Waals surface area contributed by atoms with E-state index in [2.05, 4.69) is 50.6 Å². The first kappa shape index (κ1) is 19.2. The van der Waals surface area contributed by atoms with Crippen LogP contribution in [0.15, 0.2) is 0 Å². The largest absolute Gasteiger partial charge is 0.361 e. The molecule has 0 radical (unpaired) electrons. The lowest BCUT2D eigenvalue weighted by Crippen LogP contribution is -1.95. The predicted molar refractivity (Wildman–Crippen MR) is 67.0 cm³/mol. The van der Waals surface area contributed by atoms with Gasteiger partial charge in [0, 0.05) is 0 Å². The Bertz CT molecular complexity index is 119. The predicted octanol–water partition coefficient (Wildman–Crippen LogP) is 2.58. The summed E-state index contributed by atoms with van der Waals surface area (Å²) in [5.74, 6) is 0. The Hall–Kier alpha value is -0.360. The summed E-state index contributed by atoms with van der Waals surface area (Å²) in [6.07, 6.45) is 5.54. The number of thiol groups is 2. The van der Waals surface area contributed by atoms with Crippen LogP contribution in [0.25, 0.3) is 0 Å². The third-order valence-corrected chi connectivity index (χ3v) is 0.957. The number of hydrogen-bond donors (Lipinski definition) is 4. The maximum atomic E-state index is 9.09. The molecule has 0 unspecified atom stereocenters. The molecular formula is C8H20N2O2S2. The first-order valence-corrected chi connectivity index (χ1v) is 5.24. The van der Waals surface area contributed by atoms with Crippen LogP contribution in [-0.2, 0) is 0 Å². The van der Waals surface area contributed by atoms with Crippen molar-refractivity contribution < 1.29 is 9.59 Å². The molecule has 4 N–H and O–H groups in total. The van der Waals surface area contributed by atoms with Crippen LogP contribution in [-0.4, -0.2) is 10.5 Å². The molecule has 0 aromatic carbocycles. The normalized spacial score (nSPS) is 7.43. The highest BCUT2D eigenvalue weighted by Gasteiger charge is 1.75. The van der Waals surface area contributed by atoms with Gasteiger partial charge in [-0.05, 0) is 0 Å². The Kier molecular flexibility index (Phi) is 25.3. The number of carbonyl (C=O) groups excluding carboxylic acids is 2. The highest BCUT2D eigenvalue weighted by Crippen LogP contribution is 1.95. The van der Waals surface area contributed by atoms with E-state index >= 15 is 0 Å². The molecule has 0 fully saturated rings. The van der Waals surface area contributed by atoms with Crippen molar-refractivity contribution in [2.24, 2.45) is 11.5 Å². The minimum Gasteiger partial charge on any atom is -0.361 e. The number of nitrogens with two attached hydrogens (primary N) is 2. The number of rotatable bonds is 3. The first-order chi connectivity index (χ1) is 6.38. The fourth-order valence-corrected chi connectivity index (χ4v) is 0.500. The average Bonchev–Trinajstić information content (AvgIpc) is 1.98. The van der Waals surface area contributed by atoms with Gasteiger partial charge >= 0.3 is 0 Å². The maximum absolute atomic E-state index is 9.09. The standard InChI is InChI=1S/C6H14.2CH3NOS/c1-3-5-6-4-2;2*2-1(3)4/h3-6H2,1-2H3;2*(H3,2,3,4). The zero-order chi connectivity index (χ0) is 12.0. The molecule has 0 bridgehead atoms. The molecule has 0 rings (SSSR count). The summed E-state index contributed by atoms with van der Waals surface area (Å²) < 4.78 is 0. The van der Waals surface area contributed by atoms with Crippen molar-refractivity contribution in [1.82, 2.24) is 0 Å². The molecule has 0 aromatic rings. The van der Waals surface area contributed by atoms with Crippen molar-refractivity contribution in [2.45, 2.75) is 39.5 Å². The molecule has 0 aliphatic heterocycles. The molecule has 4 nitrogen and oxygen atoms in total. The van der Waals surface area contributed by atoms with E-state index in [1.807, 2.05) is 0 Å². The van der Waals surface area contributed by atoms with Gasteiger partial charge in [-0.25, -0.2) is 0 Å². The average molecular weight is 240 g/mol. The molecule has 0 aliphatic rings. The van der Waals surface area contributed by atoms with Crippen LogP contribution < -0.4 is 11.5 Å². The van der Waals surface area contributed by atoms with Gasteiger partial charge in [0.25, 0.3) is 10.5 Å². The molecule has 0 atom stereocenters. The SMILES string of the molecule is CCCCCC.NC(=O)S.NC(=O)S. The summed E-state index contributed by atoms with van der Waals surface area (Å²) in [7, 11) is 0. The Morgan fingerprint density at radius 1 is 0.929 bits per heavy atom. The van der Waals surface area contributed by atoms with Gasteiger partial charge in [-0.1, -0.05) is 64.8 Å². The number of primary amides is 2. The minimum absolute atomic E-state index is 0.639. The van der Waals surface area contributed by atoms with Crippen LogP contribution >= 0.6 is 25.3 Å². The number of hydrogen-bond acceptors (Lipinski definition) is 2. The van der Waals surface area contributed by atoms with Crippen molar-refractivity contribution in [2.75, 3.05) is 0 Å². The van der Waals surface area contributed by atoms with Crippen LogP contribution in [0.4, 0.5) is 9.59 Å². The number of unbranched alkanes of at least 4 members (excludes halogenated alkanes) is 3. The third kappa shape index (κ3) is 189. The molecule has 0 heterocycles. The van der Waals surface area contributed by atoms with Gasteiger partial charge in [-0.3, -0.25) is 9.59 Å². The molecular weight excluding hydrogens is 220 g/mol. The Morgan fingerprint density at radius 3 is 1.14 bits per heavy atom. The van der Waals surface area contributed by atoms with Crippen LogP contribution in [0.1, 0.15) is 39.5 Å². The van der Waals surface area contributed by atoms with Crippen molar-refractivity contribution in [3.05, 3.63) is 0 Å². The molecule has 0 saturated heterocycles. The van der Waals surface area contributed by atoms with Gasteiger partial charge in [0.2, 0.25) is 0 Å². The molecule has 0 spiro atoms. The molecule has 2 amide bonds. The zero-order valence-electron chi connectivity index (χ0n) is 8.69.